The molecule has 0 aliphatic carbocycles. The summed E-state index contributed by atoms with van der Waals surface area (Å²) in [4.78, 5) is 20.4. The number of benzene rings is 4. The second kappa shape index (κ2) is 13.0. The minimum Gasteiger partial charge on any atom is -0.490 e. The van der Waals surface area contributed by atoms with Crippen LogP contribution in [0.1, 0.15) is 18.1 Å². The summed E-state index contributed by atoms with van der Waals surface area (Å²) in [5, 5.41) is 1.90. The van der Waals surface area contributed by atoms with Crippen molar-refractivity contribution in [3.63, 3.8) is 0 Å². The van der Waals surface area contributed by atoms with Gasteiger partial charge in [-0.05, 0) is 109 Å². The third kappa shape index (κ3) is 7.05. The highest BCUT2D eigenvalue weighted by Gasteiger charge is 2.35. The van der Waals surface area contributed by atoms with Gasteiger partial charge in [-0.2, -0.15) is 0 Å². The molecule has 208 valence electrons. The van der Waals surface area contributed by atoms with Gasteiger partial charge in [0.25, 0.3) is 5.91 Å². The van der Waals surface area contributed by atoms with Crippen molar-refractivity contribution in [3.8, 4) is 11.5 Å². The molecule has 1 aliphatic heterocycles. The van der Waals surface area contributed by atoms with Gasteiger partial charge < -0.3 is 9.47 Å². The largest absolute Gasteiger partial charge is 0.490 e. The highest BCUT2D eigenvalue weighted by Crippen LogP contribution is 2.41. The molecular weight excluding hydrogens is 606 g/mol. The van der Waals surface area contributed by atoms with Crippen LogP contribution in [0.25, 0.3) is 6.08 Å². The fourth-order valence-electron chi connectivity index (χ4n) is 4.00. The number of ether oxygens (including phenoxy) is 2. The summed E-state index contributed by atoms with van der Waals surface area (Å²) in [6.45, 7) is 2.31. The lowest BCUT2D eigenvalue weighted by atomic mass is 10.1. The predicted octanol–water partition coefficient (Wildman–Crippen LogP) is 9.57. The fraction of sp³-hybridized carbons (Fsp3) is 0.0968. The molecule has 5 rings (SSSR count). The van der Waals surface area contributed by atoms with Gasteiger partial charge in [0.15, 0.2) is 16.7 Å². The average Bonchev–Trinajstić information content (AvgIpc) is 3.24. The number of anilines is 1. The first-order valence-corrected chi connectivity index (χ1v) is 14.4. The van der Waals surface area contributed by atoms with Gasteiger partial charge in [-0.25, -0.2) is 9.38 Å². The number of hydrogen-bond acceptors (Lipinski definition) is 5. The second-order valence-corrected chi connectivity index (χ2v) is 11.1. The lowest BCUT2D eigenvalue weighted by Gasteiger charge is -2.16. The van der Waals surface area contributed by atoms with E-state index < -0.39 is 0 Å². The summed E-state index contributed by atoms with van der Waals surface area (Å²) in [7, 11) is 0. The van der Waals surface area contributed by atoms with Crippen molar-refractivity contribution in [2.45, 2.75) is 13.5 Å². The van der Waals surface area contributed by atoms with Crippen LogP contribution in [0, 0.1) is 5.82 Å². The van der Waals surface area contributed by atoms with Crippen molar-refractivity contribution in [1.29, 1.82) is 0 Å². The van der Waals surface area contributed by atoms with Crippen molar-refractivity contribution < 1.29 is 18.7 Å². The van der Waals surface area contributed by atoms with Gasteiger partial charge in [0.2, 0.25) is 0 Å². The zero-order valence-electron chi connectivity index (χ0n) is 21.6. The molecule has 1 aliphatic rings. The number of amides is 1. The topological polar surface area (TPSA) is 51.1 Å². The van der Waals surface area contributed by atoms with Crippen LogP contribution in [0.5, 0.6) is 11.5 Å². The molecule has 5 nitrogen and oxygen atoms in total. The molecule has 1 heterocycles. The van der Waals surface area contributed by atoms with Crippen molar-refractivity contribution in [2.75, 3.05) is 11.5 Å². The molecule has 41 heavy (non-hydrogen) atoms. The summed E-state index contributed by atoms with van der Waals surface area (Å²) in [6, 6.07) is 23.5. The maximum Gasteiger partial charge on any atom is 0.271 e. The number of carbonyl (C=O) groups is 1. The van der Waals surface area contributed by atoms with Crippen LogP contribution in [0.15, 0.2) is 94.8 Å². The molecule has 4 aromatic rings. The van der Waals surface area contributed by atoms with Crippen LogP contribution >= 0.6 is 46.6 Å². The molecule has 0 unspecified atom stereocenters. The highest BCUT2D eigenvalue weighted by molar-refractivity contribution is 8.19. The summed E-state index contributed by atoms with van der Waals surface area (Å²) < 4.78 is 25.3. The standard InChI is InChI=1S/C31H22Cl3FN2O3S/c1-2-39-27-16-20(15-26(34)29(27)40-18-19-4-3-5-23(35)14-19)17-28-30(38)37(25-12-8-22(33)9-13-25)31(41-28)36-24-10-6-21(32)7-11-24/h3-17H,2,18H2,1H3/b28-17-,36-31?. The Morgan fingerprint density at radius 1 is 0.927 bits per heavy atom. The first-order valence-electron chi connectivity index (χ1n) is 12.5. The predicted molar refractivity (Wildman–Crippen MR) is 166 cm³/mol. The van der Waals surface area contributed by atoms with Gasteiger partial charge in [0, 0.05) is 10.0 Å². The van der Waals surface area contributed by atoms with Crippen molar-refractivity contribution in [2.24, 2.45) is 4.99 Å². The Hall–Kier alpha value is -3.49. The zero-order valence-corrected chi connectivity index (χ0v) is 24.7. The normalized spacial score (nSPS) is 15.1. The van der Waals surface area contributed by atoms with Crippen LogP contribution in [-0.2, 0) is 11.4 Å². The Morgan fingerprint density at radius 3 is 2.32 bits per heavy atom. The third-order valence-corrected chi connectivity index (χ3v) is 7.60. The highest BCUT2D eigenvalue weighted by atomic mass is 35.5. The van der Waals surface area contributed by atoms with Gasteiger partial charge in [-0.15, -0.1) is 0 Å². The number of nitrogens with zero attached hydrogens (tertiary/aromatic N) is 2. The van der Waals surface area contributed by atoms with E-state index in [0.717, 1.165) is 0 Å². The lowest BCUT2D eigenvalue weighted by molar-refractivity contribution is -0.113. The summed E-state index contributed by atoms with van der Waals surface area (Å²) in [5.74, 6) is 0.126. The molecule has 0 N–H and O–H groups in total. The summed E-state index contributed by atoms with van der Waals surface area (Å²) in [5.41, 5.74) is 2.55. The summed E-state index contributed by atoms with van der Waals surface area (Å²) in [6.07, 6.45) is 1.73. The number of carbonyl (C=O) groups excluding carboxylic acids is 1. The Balaban J connectivity index is 1.48. The molecule has 1 amide bonds. The van der Waals surface area contributed by atoms with E-state index in [9.17, 15) is 9.18 Å². The van der Waals surface area contributed by atoms with E-state index in [1.165, 1.54) is 28.8 Å². The van der Waals surface area contributed by atoms with Gasteiger partial charge in [0.1, 0.15) is 12.4 Å². The van der Waals surface area contributed by atoms with Gasteiger partial charge in [0.05, 0.1) is 27.9 Å². The van der Waals surface area contributed by atoms with Crippen LogP contribution in [0.3, 0.4) is 0 Å². The number of aliphatic imine (C=N–C) groups is 1. The van der Waals surface area contributed by atoms with Crippen molar-refractivity contribution in [1.82, 2.24) is 0 Å². The molecule has 0 aromatic heterocycles. The molecule has 0 atom stereocenters. The monoisotopic (exact) mass is 626 g/mol. The first-order chi connectivity index (χ1) is 19.8. The Labute approximate surface area is 256 Å². The molecular formula is C31H22Cl3FN2O3S. The molecule has 0 radical (unpaired) electrons. The molecule has 10 heteroatoms. The zero-order chi connectivity index (χ0) is 28.9. The summed E-state index contributed by atoms with van der Waals surface area (Å²) >= 11 is 20.0. The number of rotatable bonds is 8. The average molecular weight is 628 g/mol. The fourth-order valence-corrected chi connectivity index (χ4v) is 5.53. The van der Waals surface area contributed by atoms with E-state index in [1.54, 1.807) is 78.9 Å². The third-order valence-electron chi connectivity index (χ3n) is 5.84. The number of hydrogen-bond donors (Lipinski definition) is 0. The van der Waals surface area contributed by atoms with Gasteiger partial charge in [-0.1, -0.05) is 46.9 Å². The Morgan fingerprint density at radius 2 is 1.63 bits per heavy atom. The Bertz CT molecular complexity index is 1640. The van der Waals surface area contributed by atoms with Crippen LogP contribution in [-0.4, -0.2) is 17.7 Å². The van der Waals surface area contributed by atoms with Crippen molar-refractivity contribution >= 4 is 75.1 Å². The quantitative estimate of drug-likeness (QED) is 0.183. The first kappa shape index (κ1) is 29.0. The number of halogens is 4. The van der Waals surface area contributed by atoms with Crippen molar-refractivity contribution in [3.05, 3.63) is 122 Å². The van der Waals surface area contributed by atoms with Crippen LogP contribution < -0.4 is 14.4 Å². The molecule has 1 fully saturated rings. The molecule has 0 bridgehead atoms. The number of thioether (sulfide) groups is 1. The molecule has 0 saturated carbocycles. The maximum atomic E-state index is 13.7. The van der Waals surface area contributed by atoms with E-state index in [2.05, 4.69) is 0 Å². The van der Waals surface area contributed by atoms with E-state index in [-0.39, 0.29) is 18.3 Å². The van der Waals surface area contributed by atoms with Crippen LogP contribution in [0.4, 0.5) is 15.8 Å². The number of amidine groups is 1. The minimum atomic E-state index is -0.352. The Kier molecular flexibility index (Phi) is 9.20. The minimum absolute atomic E-state index is 0.104. The maximum absolute atomic E-state index is 13.7. The smallest absolute Gasteiger partial charge is 0.271 e. The lowest BCUT2D eigenvalue weighted by Crippen LogP contribution is -2.28. The second-order valence-electron chi connectivity index (χ2n) is 8.78. The SMILES string of the molecule is CCOc1cc(/C=C2\SC(=Nc3ccc(Cl)cc3)N(c3ccc(Cl)cc3)C2=O)cc(Cl)c1OCc1cccc(F)c1. The van der Waals surface area contributed by atoms with E-state index in [1.807, 2.05) is 6.92 Å². The van der Waals surface area contributed by atoms with Crippen LogP contribution in [0.2, 0.25) is 15.1 Å². The van der Waals surface area contributed by atoms with E-state index in [4.69, 9.17) is 49.3 Å². The molecule has 4 aromatic carbocycles. The molecule has 0 spiro atoms. The van der Waals surface area contributed by atoms with Gasteiger partial charge >= 0.3 is 0 Å². The van der Waals surface area contributed by atoms with E-state index in [0.29, 0.717) is 65.7 Å². The van der Waals surface area contributed by atoms with E-state index >= 15 is 0 Å². The molecule has 1 saturated heterocycles. The van der Waals surface area contributed by atoms with Gasteiger partial charge in [-0.3, -0.25) is 9.69 Å².